The van der Waals surface area contributed by atoms with E-state index in [1.807, 2.05) is 18.2 Å². The Morgan fingerprint density at radius 1 is 1.40 bits per heavy atom. The average molecular weight is 241 g/mol. The second kappa shape index (κ2) is 4.70. The van der Waals surface area contributed by atoms with Crippen molar-refractivity contribution in [1.82, 2.24) is 9.97 Å². The molecule has 15 heavy (non-hydrogen) atoms. The zero-order chi connectivity index (χ0) is 10.7. The molecular weight excluding hydrogens is 232 g/mol. The highest BCUT2D eigenvalue weighted by Gasteiger charge is 2.10. The summed E-state index contributed by atoms with van der Waals surface area (Å²) in [5, 5.41) is 10.1. The standard InChI is InChI=1S/C10H9ClN2OS/c11-9-8(4-6-14)15-10(13-9)7-3-1-2-5-12-7/h1-3,5,14H,4,6H2. The summed E-state index contributed by atoms with van der Waals surface area (Å²) in [5.41, 5.74) is 0.814. The van der Waals surface area contributed by atoms with E-state index in [4.69, 9.17) is 16.7 Å². The third kappa shape index (κ3) is 2.34. The molecule has 0 atom stereocenters. The van der Waals surface area contributed by atoms with Crippen LogP contribution in [-0.4, -0.2) is 21.7 Å². The minimum Gasteiger partial charge on any atom is -0.396 e. The van der Waals surface area contributed by atoms with Crippen molar-refractivity contribution in [2.75, 3.05) is 6.61 Å². The van der Waals surface area contributed by atoms with Crippen molar-refractivity contribution in [3.05, 3.63) is 34.4 Å². The quantitative estimate of drug-likeness (QED) is 0.896. The van der Waals surface area contributed by atoms with Crippen LogP contribution in [0.25, 0.3) is 10.7 Å². The van der Waals surface area contributed by atoms with E-state index in [-0.39, 0.29) is 6.61 Å². The van der Waals surface area contributed by atoms with E-state index in [0.29, 0.717) is 11.6 Å². The van der Waals surface area contributed by atoms with Gasteiger partial charge in [0.1, 0.15) is 10.2 Å². The fourth-order valence-electron chi connectivity index (χ4n) is 1.19. The second-order valence-corrected chi connectivity index (χ2v) is 4.36. The molecule has 0 aliphatic rings. The summed E-state index contributed by atoms with van der Waals surface area (Å²) < 4.78 is 0. The number of hydrogen-bond acceptors (Lipinski definition) is 4. The molecule has 2 rings (SSSR count). The highest BCUT2D eigenvalue weighted by molar-refractivity contribution is 7.15. The molecule has 5 heteroatoms. The molecule has 3 nitrogen and oxygen atoms in total. The van der Waals surface area contributed by atoms with E-state index in [1.54, 1.807) is 6.20 Å². The third-order valence-electron chi connectivity index (χ3n) is 1.87. The normalized spacial score (nSPS) is 10.5. The van der Waals surface area contributed by atoms with Gasteiger partial charge in [0.15, 0.2) is 0 Å². The molecule has 0 aromatic carbocycles. The Labute approximate surface area is 96.4 Å². The molecule has 0 spiro atoms. The number of thiazole rings is 1. The largest absolute Gasteiger partial charge is 0.396 e. The van der Waals surface area contributed by atoms with E-state index >= 15 is 0 Å². The molecular formula is C10H9ClN2OS. The summed E-state index contributed by atoms with van der Waals surface area (Å²) >= 11 is 7.41. The molecule has 0 fully saturated rings. The molecule has 78 valence electrons. The number of aromatic nitrogens is 2. The van der Waals surface area contributed by atoms with Crippen molar-refractivity contribution in [2.24, 2.45) is 0 Å². The van der Waals surface area contributed by atoms with Crippen LogP contribution in [-0.2, 0) is 6.42 Å². The van der Waals surface area contributed by atoms with Crippen LogP contribution in [0.1, 0.15) is 4.88 Å². The highest BCUT2D eigenvalue weighted by atomic mass is 35.5. The summed E-state index contributed by atoms with van der Waals surface area (Å²) in [6.45, 7) is 0.0869. The van der Waals surface area contributed by atoms with Gasteiger partial charge in [-0.05, 0) is 12.1 Å². The molecule has 0 amide bonds. The van der Waals surface area contributed by atoms with E-state index in [9.17, 15) is 0 Å². The van der Waals surface area contributed by atoms with Gasteiger partial charge in [0, 0.05) is 24.1 Å². The lowest BCUT2D eigenvalue weighted by Gasteiger charge is -1.91. The van der Waals surface area contributed by atoms with Crippen LogP contribution >= 0.6 is 22.9 Å². The van der Waals surface area contributed by atoms with Gasteiger partial charge in [0.2, 0.25) is 0 Å². The van der Waals surface area contributed by atoms with Gasteiger partial charge in [-0.15, -0.1) is 11.3 Å². The van der Waals surface area contributed by atoms with Crippen LogP contribution in [0.3, 0.4) is 0 Å². The molecule has 2 aromatic rings. The van der Waals surface area contributed by atoms with Gasteiger partial charge in [-0.2, -0.15) is 0 Å². The number of aliphatic hydroxyl groups excluding tert-OH is 1. The van der Waals surface area contributed by atoms with Crippen LogP contribution in [0.2, 0.25) is 5.15 Å². The van der Waals surface area contributed by atoms with E-state index in [2.05, 4.69) is 9.97 Å². The maximum Gasteiger partial charge on any atom is 0.144 e. The van der Waals surface area contributed by atoms with Gasteiger partial charge >= 0.3 is 0 Å². The van der Waals surface area contributed by atoms with Crippen LogP contribution in [0.4, 0.5) is 0 Å². The molecule has 0 saturated carbocycles. The van der Waals surface area contributed by atoms with E-state index in [1.165, 1.54) is 11.3 Å². The minimum atomic E-state index is 0.0869. The second-order valence-electron chi connectivity index (χ2n) is 2.92. The van der Waals surface area contributed by atoms with Crippen LogP contribution in [0.15, 0.2) is 24.4 Å². The number of halogens is 1. The summed E-state index contributed by atoms with van der Waals surface area (Å²) in [6, 6.07) is 5.65. The van der Waals surface area contributed by atoms with Crippen molar-refractivity contribution in [1.29, 1.82) is 0 Å². The number of hydrogen-bond donors (Lipinski definition) is 1. The fraction of sp³-hybridized carbons (Fsp3) is 0.200. The molecule has 0 aliphatic carbocycles. The van der Waals surface area contributed by atoms with Gasteiger partial charge < -0.3 is 5.11 Å². The van der Waals surface area contributed by atoms with Crippen molar-refractivity contribution in [2.45, 2.75) is 6.42 Å². The lowest BCUT2D eigenvalue weighted by atomic mass is 10.4. The topological polar surface area (TPSA) is 46.0 Å². The number of pyridine rings is 1. The Morgan fingerprint density at radius 3 is 2.93 bits per heavy atom. The van der Waals surface area contributed by atoms with Crippen molar-refractivity contribution >= 4 is 22.9 Å². The first-order valence-corrected chi connectivity index (χ1v) is 5.68. The van der Waals surface area contributed by atoms with Gasteiger partial charge in [-0.1, -0.05) is 17.7 Å². The summed E-state index contributed by atoms with van der Waals surface area (Å²) in [6.07, 6.45) is 2.26. The predicted octanol–water partition coefficient (Wildman–Crippen LogP) is 2.39. The minimum absolute atomic E-state index is 0.0869. The van der Waals surface area contributed by atoms with E-state index < -0.39 is 0 Å². The van der Waals surface area contributed by atoms with Crippen molar-refractivity contribution < 1.29 is 5.11 Å². The average Bonchev–Trinajstić information content (AvgIpc) is 2.63. The van der Waals surface area contributed by atoms with Gasteiger partial charge in [-0.3, -0.25) is 4.98 Å². The van der Waals surface area contributed by atoms with Gasteiger partial charge in [-0.25, -0.2) is 4.98 Å². The third-order valence-corrected chi connectivity index (χ3v) is 3.43. The molecule has 1 N–H and O–H groups in total. The zero-order valence-corrected chi connectivity index (χ0v) is 9.42. The monoisotopic (exact) mass is 240 g/mol. The van der Waals surface area contributed by atoms with Gasteiger partial charge in [0.05, 0.1) is 5.69 Å². The molecule has 0 radical (unpaired) electrons. The highest BCUT2D eigenvalue weighted by Crippen LogP contribution is 2.29. The number of nitrogens with zero attached hydrogens (tertiary/aromatic N) is 2. The molecule has 0 unspecified atom stereocenters. The summed E-state index contributed by atoms with van der Waals surface area (Å²) in [7, 11) is 0. The predicted molar refractivity (Wildman–Crippen MR) is 61.1 cm³/mol. The first kappa shape index (κ1) is 10.5. The molecule has 0 bridgehead atoms. The van der Waals surface area contributed by atoms with Crippen LogP contribution in [0, 0.1) is 0 Å². The van der Waals surface area contributed by atoms with Gasteiger partial charge in [0.25, 0.3) is 0 Å². The molecule has 0 saturated heterocycles. The summed E-state index contributed by atoms with van der Waals surface area (Å²) in [4.78, 5) is 9.30. The van der Waals surface area contributed by atoms with Crippen molar-refractivity contribution in [3.63, 3.8) is 0 Å². The number of aliphatic hydroxyl groups is 1. The Kier molecular flexibility index (Phi) is 3.30. The molecule has 2 aromatic heterocycles. The van der Waals surface area contributed by atoms with Crippen LogP contribution < -0.4 is 0 Å². The molecule has 0 aliphatic heterocycles. The van der Waals surface area contributed by atoms with Crippen LogP contribution in [0.5, 0.6) is 0 Å². The maximum absolute atomic E-state index is 8.83. The maximum atomic E-state index is 8.83. The first-order chi connectivity index (χ1) is 7.31. The lowest BCUT2D eigenvalue weighted by molar-refractivity contribution is 0.300. The Balaban J connectivity index is 2.34. The zero-order valence-electron chi connectivity index (χ0n) is 7.85. The lowest BCUT2D eigenvalue weighted by Crippen LogP contribution is -1.86. The molecule has 2 heterocycles. The fourth-order valence-corrected chi connectivity index (χ4v) is 2.45. The Bertz CT molecular complexity index is 444. The summed E-state index contributed by atoms with van der Waals surface area (Å²) in [5.74, 6) is 0. The SMILES string of the molecule is OCCc1sc(-c2ccccn2)nc1Cl. The smallest absolute Gasteiger partial charge is 0.144 e. The Hall–Kier alpha value is -0.970. The van der Waals surface area contributed by atoms with E-state index in [0.717, 1.165) is 15.6 Å². The Morgan fingerprint density at radius 2 is 2.27 bits per heavy atom. The van der Waals surface area contributed by atoms with Crippen molar-refractivity contribution in [3.8, 4) is 10.7 Å². The number of rotatable bonds is 3. The first-order valence-electron chi connectivity index (χ1n) is 4.48.